The van der Waals surface area contributed by atoms with Gasteiger partial charge in [-0.1, -0.05) is 6.07 Å². The van der Waals surface area contributed by atoms with Gasteiger partial charge >= 0.3 is 5.97 Å². The topological polar surface area (TPSA) is 86.0 Å². The molecule has 0 radical (unpaired) electrons. The molecule has 2 N–H and O–H groups in total. The van der Waals surface area contributed by atoms with E-state index in [2.05, 4.69) is 10.3 Å². The molecule has 0 atom stereocenters. The van der Waals surface area contributed by atoms with Crippen LogP contribution >= 0.6 is 0 Å². The molecule has 0 saturated heterocycles. The summed E-state index contributed by atoms with van der Waals surface area (Å²) in [6, 6.07) is 11.6. The molecule has 0 bridgehead atoms. The third-order valence-corrected chi connectivity index (χ3v) is 2.27. The smallest absolute Gasteiger partial charge is 0.335 e. The Morgan fingerprint density at radius 3 is 2.89 bits per heavy atom. The van der Waals surface area contributed by atoms with Crippen LogP contribution < -0.4 is 5.32 Å². The van der Waals surface area contributed by atoms with Crippen LogP contribution in [0.5, 0.6) is 0 Å². The van der Waals surface area contributed by atoms with E-state index in [1.54, 1.807) is 24.3 Å². The van der Waals surface area contributed by atoms with Crippen LogP contribution in [0.15, 0.2) is 42.6 Å². The first-order chi connectivity index (χ1) is 8.69. The summed E-state index contributed by atoms with van der Waals surface area (Å²) in [4.78, 5) is 14.9. The summed E-state index contributed by atoms with van der Waals surface area (Å²) < 4.78 is 0. The zero-order chi connectivity index (χ0) is 13.0. The van der Waals surface area contributed by atoms with E-state index < -0.39 is 5.97 Å². The molecule has 2 aromatic rings. The van der Waals surface area contributed by atoms with Gasteiger partial charge in [0.1, 0.15) is 5.82 Å². The van der Waals surface area contributed by atoms with Gasteiger partial charge in [-0.05, 0) is 30.3 Å². The fourth-order valence-corrected chi connectivity index (χ4v) is 1.45. The van der Waals surface area contributed by atoms with Crippen molar-refractivity contribution in [2.45, 2.75) is 0 Å². The van der Waals surface area contributed by atoms with Crippen molar-refractivity contribution >= 4 is 17.5 Å². The number of hydrogen-bond donors (Lipinski definition) is 2. The molecule has 0 unspecified atom stereocenters. The average molecular weight is 239 g/mol. The number of benzene rings is 1. The van der Waals surface area contributed by atoms with Gasteiger partial charge in [-0.3, -0.25) is 0 Å². The number of nitriles is 1. The molecular formula is C13H9N3O2. The molecule has 5 nitrogen and oxygen atoms in total. The predicted molar refractivity (Wildman–Crippen MR) is 65.6 cm³/mol. The van der Waals surface area contributed by atoms with E-state index in [0.29, 0.717) is 17.1 Å². The number of carboxylic acids is 1. The van der Waals surface area contributed by atoms with Gasteiger partial charge in [-0.15, -0.1) is 0 Å². The normalized spacial score (nSPS) is 9.50. The van der Waals surface area contributed by atoms with Crippen molar-refractivity contribution in [2.75, 3.05) is 5.32 Å². The highest BCUT2D eigenvalue weighted by atomic mass is 16.4. The van der Waals surface area contributed by atoms with Crippen molar-refractivity contribution in [1.82, 2.24) is 4.98 Å². The summed E-state index contributed by atoms with van der Waals surface area (Å²) in [7, 11) is 0. The molecule has 5 heteroatoms. The number of carbonyl (C=O) groups is 1. The molecule has 0 saturated carbocycles. The molecule has 0 spiro atoms. The van der Waals surface area contributed by atoms with Crippen LogP contribution in [0, 0.1) is 11.3 Å². The fraction of sp³-hybridized carbons (Fsp3) is 0. The van der Waals surface area contributed by atoms with Crippen LogP contribution in [0.25, 0.3) is 0 Å². The second-order valence-corrected chi connectivity index (χ2v) is 3.55. The number of anilines is 2. The molecule has 1 heterocycles. The second-order valence-electron chi connectivity index (χ2n) is 3.55. The van der Waals surface area contributed by atoms with Gasteiger partial charge < -0.3 is 10.4 Å². The minimum absolute atomic E-state index is 0.191. The zero-order valence-electron chi connectivity index (χ0n) is 9.29. The van der Waals surface area contributed by atoms with Crippen LogP contribution in [0.1, 0.15) is 15.9 Å². The van der Waals surface area contributed by atoms with Gasteiger partial charge in [0.2, 0.25) is 0 Å². The predicted octanol–water partition coefficient (Wildman–Crippen LogP) is 2.40. The lowest BCUT2D eigenvalue weighted by molar-refractivity contribution is 0.0697. The maximum absolute atomic E-state index is 10.8. The number of nitrogens with zero attached hydrogens (tertiary/aromatic N) is 2. The second kappa shape index (κ2) is 4.97. The number of rotatable bonds is 3. The van der Waals surface area contributed by atoms with Crippen molar-refractivity contribution < 1.29 is 9.90 Å². The molecule has 2 rings (SSSR count). The number of pyridine rings is 1. The minimum Gasteiger partial charge on any atom is -0.478 e. The van der Waals surface area contributed by atoms with Crippen molar-refractivity contribution in [1.29, 1.82) is 5.26 Å². The monoisotopic (exact) mass is 239 g/mol. The lowest BCUT2D eigenvalue weighted by Gasteiger charge is -2.06. The highest BCUT2D eigenvalue weighted by Gasteiger charge is 2.04. The Balaban J connectivity index is 2.26. The van der Waals surface area contributed by atoms with Gasteiger partial charge in [0.05, 0.1) is 17.2 Å². The van der Waals surface area contributed by atoms with Crippen molar-refractivity contribution in [3.8, 4) is 6.07 Å². The largest absolute Gasteiger partial charge is 0.478 e. The molecule has 18 heavy (non-hydrogen) atoms. The highest BCUT2D eigenvalue weighted by Crippen LogP contribution is 2.16. The first kappa shape index (κ1) is 11.6. The number of aromatic nitrogens is 1. The van der Waals surface area contributed by atoms with E-state index in [-0.39, 0.29) is 5.56 Å². The Bertz CT molecular complexity index is 632. The maximum Gasteiger partial charge on any atom is 0.335 e. The Morgan fingerprint density at radius 2 is 2.17 bits per heavy atom. The van der Waals surface area contributed by atoms with Crippen LogP contribution in [0.4, 0.5) is 11.5 Å². The molecule has 0 amide bonds. The Labute approximate surface area is 103 Å². The molecular weight excluding hydrogens is 230 g/mol. The lowest BCUT2D eigenvalue weighted by Crippen LogP contribution is -1.98. The molecule has 88 valence electrons. The van der Waals surface area contributed by atoms with Crippen molar-refractivity contribution in [3.05, 3.63) is 53.7 Å². The quantitative estimate of drug-likeness (QED) is 0.858. The van der Waals surface area contributed by atoms with E-state index in [9.17, 15) is 4.79 Å². The van der Waals surface area contributed by atoms with Gasteiger partial charge in [-0.2, -0.15) is 5.26 Å². The molecule has 0 aliphatic carbocycles. The maximum atomic E-state index is 10.8. The molecule has 0 aliphatic rings. The first-order valence-electron chi connectivity index (χ1n) is 5.15. The fourth-order valence-electron chi connectivity index (χ4n) is 1.45. The Hall–Kier alpha value is -2.87. The van der Waals surface area contributed by atoms with Gasteiger partial charge in [0.25, 0.3) is 0 Å². The van der Waals surface area contributed by atoms with E-state index in [4.69, 9.17) is 10.4 Å². The molecule has 1 aromatic heterocycles. The summed E-state index contributed by atoms with van der Waals surface area (Å²) >= 11 is 0. The lowest BCUT2D eigenvalue weighted by atomic mass is 10.2. The summed E-state index contributed by atoms with van der Waals surface area (Å²) in [5, 5.41) is 20.6. The minimum atomic E-state index is -0.989. The zero-order valence-corrected chi connectivity index (χ0v) is 9.29. The van der Waals surface area contributed by atoms with Gasteiger partial charge in [0.15, 0.2) is 0 Å². The Kier molecular flexibility index (Phi) is 3.21. The summed E-state index contributed by atoms with van der Waals surface area (Å²) in [5.41, 5.74) is 1.29. The summed E-state index contributed by atoms with van der Waals surface area (Å²) in [5.74, 6) is -0.492. The third kappa shape index (κ3) is 2.62. The van der Waals surface area contributed by atoms with E-state index in [0.717, 1.165) is 0 Å². The first-order valence-corrected chi connectivity index (χ1v) is 5.15. The third-order valence-electron chi connectivity index (χ3n) is 2.27. The van der Waals surface area contributed by atoms with Crippen molar-refractivity contribution in [3.63, 3.8) is 0 Å². The van der Waals surface area contributed by atoms with Crippen LogP contribution in [-0.2, 0) is 0 Å². The van der Waals surface area contributed by atoms with E-state index in [1.807, 2.05) is 6.07 Å². The number of nitrogens with one attached hydrogen (secondary N) is 1. The standard InChI is InChI=1S/C13H9N3O2/c14-8-9-4-5-15-12(6-9)16-11-3-1-2-10(7-11)13(17)18/h1-7H,(H,15,16)(H,17,18). The van der Waals surface area contributed by atoms with Crippen LogP contribution in [0.3, 0.4) is 0 Å². The number of hydrogen-bond acceptors (Lipinski definition) is 4. The number of carboxylic acid groups (broad SMARTS) is 1. The van der Waals surface area contributed by atoms with E-state index in [1.165, 1.54) is 18.3 Å². The summed E-state index contributed by atoms with van der Waals surface area (Å²) in [6.07, 6.45) is 1.52. The highest BCUT2D eigenvalue weighted by molar-refractivity contribution is 5.89. The molecule has 1 aromatic carbocycles. The van der Waals surface area contributed by atoms with Gasteiger partial charge in [-0.25, -0.2) is 9.78 Å². The SMILES string of the molecule is N#Cc1ccnc(Nc2cccc(C(=O)O)c2)c1. The molecule has 0 aliphatic heterocycles. The molecule has 0 fully saturated rings. The Morgan fingerprint density at radius 1 is 1.33 bits per heavy atom. The van der Waals surface area contributed by atoms with E-state index >= 15 is 0 Å². The average Bonchev–Trinajstić information content (AvgIpc) is 2.39. The van der Waals surface area contributed by atoms with Crippen LogP contribution in [-0.4, -0.2) is 16.1 Å². The number of aromatic carboxylic acids is 1. The van der Waals surface area contributed by atoms with Crippen LogP contribution in [0.2, 0.25) is 0 Å². The summed E-state index contributed by atoms with van der Waals surface area (Å²) in [6.45, 7) is 0. The van der Waals surface area contributed by atoms with Gasteiger partial charge in [0, 0.05) is 11.9 Å². The van der Waals surface area contributed by atoms with Crippen molar-refractivity contribution in [2.24, 2.45) is 0 Å².